The molecular weight excluding hydrogens is 559 g/mol. The molecule has 6 rings (SSSR count). The van der Waals surface area contributed by atoms with E-state index in [-0.39, 0.29) is 16.7 Å². The van der Waals surface area contributed by atoms with Crippen LogP contribution in [0.1, 0.15) is 56.1 Å². The Bertz CT molecular complexity index is 1470. The van der Waals surface area contributed by atoms with Gasteiger partial charge in [-0.25, -0.2) is 4.85 Å². The van der Waals surface area contributed by atoms with E-state index in [9.17, 15) is 18.0 Å². The highest BCUT2D eigenvalue weighted by atomic mass is 32.1. The van der Waals surface area contributed by atoms with Crippen molar-refractivity contribution in [3.05, 3.63) is 65.0 Å². The van der Waals surface area contributed by atoms with Gasteiger partial charge >= 0.3 is 6.18 Å². The first-order valence-electron chi connectivity index (χ1n) is 14.5. The lowest BCUT2D eigenvalue weighted by molar-refractivity contribution is -0.136. The van der Waals surface area contributed by atoms with Crippen LogP contribution in [0.5, 0.6) is 0 Å². The molecule has 2 aromatic rings. The number of rotatable bonds is 3. The summed E-state index contributed by atoms with van der Waals surface area (Å²) in [4.78, 5) is 22.3. The third-order valence-electron chi connectivity index (χ3n) is 9.16. The lowest BCUT2D eigenvalue weighted by Crippen LogP contribution is -2.55. The van der Waals surface area contributed by atoms with Crippen LogP contribution in [0.25, 0.3) is 4.85 Å². The minimum atomic E-state index is -4.73. The SMILES string of the molecule is [C-]#[N+]c1ccc(N2C(=O)C3(CCC3)N(c3ccc(C#CC4CCN(C5CCNCC5)CC4)cc3)C2=S)cc1C(F)(F)F. The van der Waals surface area contributed by atoms with E-state index in [4.69, 9.17) is 18.8 Å². The van der Waals surface area contributed by atoms with Gasteiger partial charge in [-0.15, -0.1) is 0 Å². The maximum atomic E-state index is 13.7. The zero-order valence-corrected chi connectivity index (χ0v) is 24.0. The van der Waals surface area contributed by atoms with Crippen LogP contribution >= 0.6 is 12.2 Å². The van der Waals surface area contributed by atoms with Crippen LogP contribution in [0.4, 0.5) is 30.2 Å². The van der Waals surface area contributed by atoms with Crippen molar-refractivity contribution >= 4 is 40.3 Å². The number of carbonyl (C=O) groups is 1. The van der Waals surface area contributed by atoms with E-state index in [1.165, 1.54) is 23.8 Å². The molecule has 42 heavy (non-hydrogen) atoms. The number of hydrogen-bond acceptors (Lipinski definition) is 4. The monoisotopic (exact) mass is 591 g/mol. The Morgan fingerprint density at radius 2 is 1.67 bits per heavy atom. The van der Waals surface area contributed by atoms with Gasteiger partial charge in [-0.3, -0.25) is 9.69 Å². The van der Waals surface area contributed by atoms with Crippen LogP contribution in [0.15, 0.2) is 42.5 Å². The van der Waals surface area contributed by atoms with Crippen LogP contribution in [0.3, 0.4) is 0 Å². The first kappa shape index (κ1) is 28.7. The van der Waals surface area contributed by atoms with E-state index in [1.807, 2.05) is 24.3 Å². The quantitative estimate of drug-likeness (QED) is 0.264. The number of likely N-dealkylation sites (tertiary alicyclic amines) is 1. The molecule has 1 spiro atoms. The van der Waals surface area contributed by atoms with Crippen LogP contribution < -0.4 is 15.1 Å². The number of hydrogen-bond donors (Lipinski definition) is 1. The number of carbonyl (C=O) groups excluding carboxylic acids is 1. The summed E-state index contributed by atoms with van der Waals surface area (Å²) in [6.45, 7) is 11.5. The number of anilines is 2. The molecule has 0 aromatic heterocycles. The highest BCUT2D eigenvalue weighted by Gasteiger charge is 2.59. The fraction of sp³-hybridized carbons (Fsp3) is 0.469. The van der Waals surface area contributed by atoms with Crippen LogP contribution in [-0.4, -0.2) is 53.7 Å². The van der Waals surface area contributed by atoms with Gasteiger partial charge in [0, 0.05) is 28.9 Å². The number of benzene rings is 2. The van der Waals surface area contributed by atoms with Gasteiger partial charge in [0.25, 0.3) is 5.91 Å². The molecule has 1 amide bonds. The number of piperidine rings is 2. The second-order valence-electron chi connectivity index (χ2n) is 11.6. The summed E-state index contributed by atoms with van der Waals surface area (Å²) in [5.74, 6) is 6.82. The lowest BCUT2D eigenvalue weighted by atomic mass is 9.75. The van der Waals surface area contributed by atoms with E-state index in [0.29, 0.717) is 30.5 Å². The summed E-state index contributed by atoms with van der Waals surface area (Å²) in [7, 11) is 0. The number of nitrogens with zero attached hydrogens (tertiary/aromatic N) is 4. The molecular formula is C32H32F3N5OS. The van der Waals surface area contributed by atoms with E-state index in [1.54, 1.807) is 4.90 Å². The third kappa shape index (κ3) is 5.17. The molecule has 1 saturated carbocycles. The van der Waals surface area contributed by atoms with Crippen molar-refractivity contribution in [2.75, 3.05) is 36.0 Å². The molecule has 2 aromatic carbocycles. The number of alkyl halides is 3. The largest absolute Gasteiger partial charge is 0.407 e. The van der Waals surface area contributed by atoms with Crippen molar-refractivity contribution in [1.29, 1.82) is 0 Å². The molecule has 1 N–H and O–H groups in total. The molecule has 6 nitrogen and oxygen atoms in total. The van der Waals surface area contributed by atoms with Crippen LogP contribution in [0.2, 0.25) is 0 Å². The van der Waals surface area contributed by atoms with E-state index < -0.39 is 23.0 Å². The molecule has 3 saturated heterocycles. The zero-order valence-electron chi connectivity index (χ0n) is 23.2. The first-order valence-corrected chi connectivity index (χ1v) is 15.0. The Hall–Kier alpha value is -3.44. The summed E-state index contributed by atoms with van der Waals surface area (Å²) >= 11 is 5.73. The van der Waals surface area contributed by atoms with Crippen molar-refractivity contribution in [3.63, 3.8) is 0 Å². The number of thiocarbonyl (C=S) groups is 1. The van der Waals surface area contributed by atoms with E-state index in [2.05, 4.69) is 26.9 Å². The van der Waals surface area contributed by atoms with Gasteiger partial charge in [0.1, 0.15) is 5.54 Å². The van der Waals surface area contributed by atoms with Crippen molar-refractivity contribution in [2.24, 2.45) is 5.92 Å². The van der Waals surface area contributed by atoms with Gasteiger partial charge in [-0.1, -0.05) is 17.9 Å². The molecule has 0 bridgehead atoms. The van der Waals surface area contributed by atoms with Crippen molar-refractivity contribution in [2.45, 2.75) is 62.7 Å². The van der Waals surface area contributed by atoms with Gasteiger partial charge in [0.05, 0.1) is 12.1 Å². The number of halogens is 3. The smallest absolute Gasteiger partial charge is 0.317 e. The normalized spacial score (nSPS) is 21.7. The average Bonchev–Trinajstić information content (AvgIpc) is 3.22. The highest BCUT2D eigenvalue weighted by Crippen LogP contribution is 2.48. The fourth-order valence-corrected chi connectivity index (χ4v) is 7.12. The number of amides is 1. The second-order valence-corrected chi connectivity index (χ2v) is 11.9. The van der Waals surface area contributed by atoms with Gasteiger partial charge in [0.15, 0.2) is 10.8 Å². The maximum absolute atomic E-state index is 13.7. The molecule has 4 fully saturated rings. The Morgan fingerprint density at radius 3 is 2.26 bits per heavy atom. The molecule has 3 aliphatic heterocycles. The molecule has 1 aliphatic carbocycles. The third-order valence-corrected chi connectivity index (χ3v) is 9.52. The summed E-state index contributed by atoms with van der Waals surface area (Å²) in [5.41, 5.74) is -0.893. The summed E-state index contributed by atoms with van der Waals surface area (Å²) in [6.07, 6.45) is 1.81. The Labute approximate surface area is 249 Å². The molecule has 218 valence electrons. The van der Waals surface area contributed by atoms with Crippen molar-refractivity contribution in [1.82, 2.24) is 10.2 Å². The minimum absolute atomic E-state index is 0.0205. The Kier molecular flexibility index (Phi) is 7.74. The van der Waals surface area contributed by atoms with E-state index >= 15 is 0 Å². The molecule has 0 unspecified atom stereocenters. The zero-order chi connectivity index (χ0) is 29.5. The minimum Gasteiger partial charge on any atom is -0.317 e. The predicted molar refractivity (Wildman–Crippen MR) is 160 cm³/mol. The lowest BCUT2D eigenvalue weighted by Gasteiger charge is -2.43. The average molecular weight is 592 g/mol. The van der Waals surface area contributed by atoms with Crippen molar-refractivity contribution < 1.29 is 18.0 Å². The molecule has 0 atom stereocenters. The van der Waals surface area contributed by atoms with Crippen LogP contribution in [-0.2, 0) is 11.0 Å². The molecule has 4 aliphatic rings. The summed E-state index contributed by atoms with van der Waals surface area (Å²) < 4.78 is 41.0. The molecule has 0 radical (unpaired) electrons. The summed E-state index contributed by atoms with van der Waals surface area (Å²) in [5, 5.41) is 3.58. The van der Waals surface area contributed by atoms with Crippen molar-refractivity contribution in [3.8, 4) is 11.8 Å². The van der Waals surface area contributed by atoms with Gasteiger partial charge in [0.2, 0.25) is 0 Å². The van der Waals surface area contributed by atoms with Gasteiger partial charge < -0.3 is 15.1 Å². The molecule has 10 heteroatoms. The molecule has 3 heterocycles. The topological polar surface area (TPSA) is 43.2 Å². The van der Waals surface area contributed by atoms with Gasteiger partial charge in [-0.2, -0.15) is 13.2 Å². The second kappa shape index (κ2) is 11.3. The maximum Gasteiger partial charge on any atom is 0.407 e. The van der Waals surface area contributed by atoms with Gasteiger partial charge in [-0.05, 0) is 120 Å². The predicted octanol–water partition coefficient (Wildman–Crippen LogP) is 6.13. The Morgan fingerprint density at radius 1 is 1.00 bits per heavy atom. The Balaban J connectivity index is 1.18. The first-order chi connectivity index (χ1) is 20.2. The van der Waals surface area contributed by atoms with E-state index in [0.717, 1.165) is 63.1 Å². The van der Waals surface area contributed by atoms with Crippen LogP contribution in [0, 0.1) is 24.3 Å². The number of nitrogens with one attached hydrogen (secondary N) is 1. The highest BCUT2D eigenvalue weighted by molar-refractivity contribution is 7.81. The fourth-order valence-electron chi connectivity index (χ4n) is 6.66. The standard InChI is InChI=1S/C32H32F3N5OS/c1-36-28-10-9-26(21-27(28)32(33,34)35)39-29(41)31(15-2-16-31)40(30(39)42)25-7-5-22(6-8-25)3-4-23-13-19-38(20-14-23)24-11-17-37-18-12-24/h5-10,21,23-24,37H,2,11-20H2. The summed E-state index contributed by atoms with van der Waals surface area (Å²) in [6, 6.07) is 11.6.